The van der Waals surface area contributed by atoms with E-state index in [0.717, 1.165) is 18.3 Å². The molecule has 1 saturated carbocycles. The lowest BCUT2D eigenvalue weighted by atomic mass is 9.94. The maximum atomic E-state index is 8.72. The Hall–Kier alpha value is -1.53. The van der Waals surface area contributed by atoms with E-state index >= 15 is 0 Å². The second kappa shape index (κ2) is 7.16. The summed E-state index contributed by atoms with van der Waals surface area (Å²) in [6, 6.07) is 10.1. The van der Waals surface area contributed by atoms with Gasteiger partial charge >= 0.3 is 0 Å². The Morgan fingerprint density at radius 1 is 1.21 bits per heavy atom. The number of rotatable bonds is 5. The van der Waals surface area contributed by atoms with Crippen LogP contribution in [0.2, 0.25) is 0 Å². The first-order valence-corrected chi connectivity index (χ1v) is 7.13. The average molecular weight is 258 g/mol. The van der Waals surface area contributed by atoms with E-state index in [9.17, 15) is 0 Å². The normalized spacial score (nSPS) is 16.3. The van der Waals surface area contributed by atoms with Crippen molar-refractivity contribution >= 4 is 0 Å². The van der Waals surface area contributed by atoms with Gasteiger partial charge in [0.1, 0.15) is 12.4 Å². The number of hydrogen-bond acceptors (Lipinski definition) is 3. The predicted molar refractivity (Wildman–Crippen MR) is 76.2 cm³/mol. The van der Waals surface area contributed by atoms with Crippen molar-refractivity contribution in [2.24, 2.45) is 0 Å². The van der Waals surface area contributed by atoms with Crippen molar-refractivity contribution in [3.63, 3.8) is 0 Å². The maximum absolute atomic E-state index is 8.72. The van der Waals surface area contributed by atoms with Crippen LogP contribution in [0.25, 0.3) is 0 Å². The van der Waals surface area contributed by atoms with Crippen LogP contribution in [0.3, 0.4) is 0 Å². The smallest absolute Gasteiger partial charge is 0.119 e. The molecule has 1 aromatic rings. The SMILES string of the molecule is CN(CCOc1ccc(C#N)cc1)C1CCCCC1. The minimum atomic E-state index is 0.673. The molecule has 2 rings (SSSR count). The zero-order chi connectivity index (χ0) is 13.5. The summed E-state index contributed by atoms with van der Waals surface area (Å²) in [6.07, 6.45) is 6.78. The number of nitrogens with zero attached hydrogens (tertiary/aromatic N) is 2. The summed E-state index contributed by atoms with van der Waals surface area (Å²) in [5.74, 6) is 0.844. The summed E-state index contributed by atoms with van der Waals surface area (Å²) in [5.41, 5.74) is 0.673. The Kier molecular flexibility index (Phi) is 5.23. The van der Waals surface area contributed by atoms with Gasteiger partial charge in [-0.3, -0.25) is 0 Å². The van der Waals surface area contributed by atoms with Gasteiger partial charge in [0.15, 0.2) is 0 Å². The van der Waals surface area contributed by atoms with E-state index in [1.165, 1.54) is 32.1 Å². The second-order valence-corrected chi connectivity index (χ2v) is 5.26. The molecule has 1 aromatic carbocycles. The third-order valence-electron chi connectivity index (χ3n) is 3.89. The Morgan fingerprint density at radius 3 is 2.53 bits per heavy atom. The molecule has 19 heavy (non-hydrogen) atoms. The maximum Gasteiger partial charge on any atom is 0.119 e. The van der Waals surface area contributed by atoms with E-state index in [4.69, 9.17) is 10.00 Å². The second-order valence-electron chi connectivity index (χ2n) is 5.26. The molecule has 0 saturated heterocycles. The fourth-order valence-corrected chi connectivity index (χ4v) is 2.64. The van der Waals surface area contributed by atoms with Crippen molar-refractivity contribution in [2.45, 2.75) is 38.1 Å². The van der Waals surface area contributed by atoms with Gasteiger partial charge in [-0.15, -0.1) is 0 Å². The zero-order valence-corrected chi connectivity index (χ0v) is 11.6. The van der Waals surface area contributed by atoms with E-state index in [2.05, 4.69) is 18.0 Å². The van der Waals surface area contributed by atoms with Crippen LogP contribution >= 0.6 is 0 Å². The molecule has 1 fully saturated rings. The quantitative estimate of drug-likeness (QED) is 0.813. The minimum absolute atomic E-state index is 0.673. The lowest BCUT2D eigenvalue weighted by Crippen LogP contribution is -2.36. The molecule has 0 N–H and O–H groups in total. The first-order chi connectivity index (χ1) is 9.29. The lowest BCUT2D eigenvalue weighted by Gasteiger charge is -2.31. The highest BCUT2D eigenvalue weighted by Crippen LogP contribution is 2.21. The molecular formula is C16H22N2O. The van der Waals surface area contributed by atoms with Gasteiger partial charge in [-0.2, -0.15) is 5.26 Å². The van der Waals surface area contributed by atoms with Gasteiger partial charge in [0.25, 0.3) is 0 Å². The van der Waals surface area contributed by atoms with Gasteiger partial charge in [-0.05, 0) is 44.2 Å². The highest BCUT2D eigenvalue weighted by Gasteiger charge is 2.17. The molecule has 3 heteroatoms. The van der Waals surface area contributed by atoms with Gasteiger partial charge in [0, 0.05) is 12.6 Å². The van der Waals surface area contributed by atoms with E-state index in [1.807, 2.05) is 12.1 Å². The van der Waals surface area contributed by atoms with Crippen LogP contribution in [0.5, 0.6) is 5.75 Å². The van der Waals surface area contributed by atoms with Gasteiger partial charge in [-0.1, -0.05) is 19.3 Å². The molecule has 0 atom stereocenters. The molecular weight excluding hydrogens is 236 g/mol. The Bertz CT molecular complexity index is 415. The molecule has 0 bridgehead atoms. The topological polar surface area (TPSA) is 36.3 Å². The molecule has 0 heterocycles. The summed E-state index contributed by atoms with van der Waals surface area (Å²) >= 11 is 0. The summed E-state index contributed by atoms with van der Waals surface area (Å²) < 4.78 is 5.72. The summed E-state index contributed by atoms with van der Waals surface area (Å²) in [7, 11) is 2.19. The van der Waals surface area contributed by atoms with Crippen LogP contribution in [-0.4, -0.2) is 31.1 Å². The van der Waals surface area contributed by atoms with Crippen molar-refractivity contribution in [3.05, 3.63) is 29.8 Å². The largest absolute Gasteiger partial charge is 0.492 e. The molecule has 0 amide bonds. The number of hydrogen-bond donors (Lipinski definition) is 0. The highest BCUT2D eigenvalue weighted by atomic mass is 16.5. The number of benzene rings is 1. The van der Waals surface area contributed by atoms with Crippen LogP contribution in [0, 0.1) is 11.3 Å². The molecule has 1 aliphatic carbocycles. The van der Waals surface area contributed by atoms with Gasteiger partial charge in [0.2, 0.25) is 0 Å². The molecule has 0 radical (unpaired) electrons. The van der Waals surface area contributed by atoms with Crippen LogP contribution in [0.1, 0.15) is 37.7 Å². The van der Waals surface area contributed by atoms with Crippen molar-refractivity contribution in [3.8, 4) is 11.8 Å². The zero-order valence-electron chi connectivity index (χ0n) is 11.6. The molecule has 3 nitrogen and oxygen atoms in total. The average Bonchev–Trinajstić information content (AvgIpc) is 2.49. The van der Waals surface area contributed by atoms with E-state index in [0.29, 0.717) is 12.2 Å². The lowest BCUT2D eigenvalue weighted by molar-refractivity contribution is 0.160. The molecule has 1 aliphatic rings. The Morgan fingerprint density at radius 2 is 1.89 bits per heavy atom. The monoisotopic (exact) mass is 258 g/mol. The van der Waals surface area contributed by atoms with Crippen molar-refractivity contribution in [1.82, 2.24) is 4.90 Å². The first-order valence-electron chi connectivity index (χ1n) is 7.13. The third-order valence-corrected chi connectivity index (χ3v) is 3.89. The molecule has 0 spiro atoms. The Labute approximate surface area is 115 Å². The summed E-state index contributed by atoms with van der Waals surface area (Å²) in [6.45, 7) is 1.67. The fourth-order valence-electron chi connectivity index (χ4n) is 2.64. The van der Waals surface area contributed by atoms with E-state index in [1.54, 1.807) is 12.1 Å². The first kappa shape index (κ1) is 13.9. The van der Waals surface area contributed by atoms with Gasteiger partial charge in [-0.25, -0.2) is 0 Å². The highest BCUT2D eigenvalue weighted by molar-refractivity contribution is 5.34. The minimum Gasteiger partial charge on any atom is -0.492 e. The third kappa shape index (κ3) is 4.25. The van der Waals surface area contributed by atoms with Crippen molar-refractivity contribution in [1.29, 1.82) is 5.26 Å². The van der Waals surface area contributed by atoms with Crippen LogP contribution in [-0.2, 0) is 0 Å². The van der Waals surface area contributed by atoms with Crippen molar-refractivity contribution < 1.29 is 4.74 Å². The number of nitriles is 1. The van der Waals surface area contributed by atoms with Crippen LogP contribution < -0.4 is 4.74 Å². The fraction of sp³-hybridized carbons (Fsp3) is 0.562. The molecule has 0 aromatic heterocycles. The van der Waals surface area contributed by atoms with E-state index < -0.39 is 0 Å². The molecule has 102 valence electrons. The van der Waals surface area contributed by atoms with Gasteiger partial charge < -0.3 is 9.64 Å². The van der Waals surface area contributed by atoms with E-state index in [-0.39, 0.29) is 0 Å². The van der Waals surface area contributed by atoms with Crippen molar-refractivity contribution in [2.75, 3.05) is 20.2 Å². The van der Waals surface area contributed by atoms with Crippen LogP contribution in [0.4, 0.5) is 0 Å². The predicted octanol–water partition coefficient (Wildman–Crippen LogP) is 3.20. The Balaban J connectivity index is 1.71. The summed E-state index contributed by atoms with van der Waals surface area (Å²) in [5, 5.41) is 8.72. The summed E-state index contributed by atoms with van der Waals surface area (Å²) in [4.78, 5) is 2.42. The molecule has 0 aliphatic heterocycles. The van der Waals surface area contributed by atoms with Crippen LogP contribution in [0.15, 0.2) is 24.3 Å². The molecule has 0 unspecified atom stereocenters. The standard InChI is InChI=1S/C16H22N2O/c1-18(15-5-3-2-4-6-15)11-12-19-16-9-7-14(13-17)8-10-16/h7-10,15H,2-6,11-12H2,1H3. The number of ether oxygens (including phenoxy) is 1. The number of likely N-dealkylation sites (N-methyl/N-ethyl adjacent to an activating group) is 1. The van der Waals surface area contributed by atoms with Gasteiger partial charge in [0.05, 0.1) is 11.6 Å².